The summed E-state index contributed by atoms with van der Waals surface area (Å²) in [6.07, 6.45) is 1.85. The molecule has 0 aliphatic heterocycles. The number of fused-ring (bicyclic) bond motifs is 3. The number of hydrogen-bond donors (Lipinski definition) is 2. The third-order valence-electron chi connectivity index (χ3n) is 4.37. The highest BCUT2D eigenvalue weighted by Crippen LogP contribution is 2.37. The number of pyridine rings is 1. The topological polar surface area (TPSA) is 64.9 Å². The van der Waals surface area contributed by atoms with Crippen LogP contribution in [0.3, 0.4) is 0 Å². The van der Waals surface area contributed by atoms with Crippen molar-refractivity contribution in [2.24, 2.45) is 0 Å². The van der Waals surface area contributed by atoms with Gasteiger partial charge in [0.2, 0.25) is 0 Å². The number of nitrogen functional groups attached to an aromatic ring is 2. The molecule has 112 valence electrons. The van der Waals surface area contributed by atoms with E-state index in [2.05, 4.69) is 24.0 Å². The van der Waals surface area contributed by atoms with Gasteiger partial charge < -0.3 is 11.5 Å². The Labute approximate surface area is 134 Å². The average molecular weight is 299 g/mol. The van der Waals surface area contributed by atoms with Crippen molar-refractivity contribution < 1.29 is 0 Å². The van der Waals surface area contributed by atoms with E-state index in [-0.39, 0.29) is 0 Å². The first-order valence-corrected chi connectivity index (χ1v) is 7.57. The lowest BCUT2D eigenvalue weighted by Crippen LogP contribution is -1.95. The third-order valence-corrected chi connectivity index (χ3v) is 4.37. The van der Waals surface area contributed by atoms with Gasteiger partial charge in [0.1, 0.15) is 0 Å². The van der Waals surface area contributed by atoms with Crippen LogP contribution in [0.4, 0.5) is 11.4 Å². The average Bonchev–Trinajstić information content (AvgIpc) is 2.58. The molecule has 0 amide bonds. The molecule has 0 aliphatic carbocycles. The summed E-state index contributed by atoms with van der Waals surface area (Å²) in [5.41, 5.74) is 18.2. The van der Waals surface area contributed by atoms with E-state index in [1.54, 1.807) is 0 Å². The van der Waals surface area contributed by atoms with Crippen LogP contribution >= 0.6 is 0 Å². The van der Waals surface area contributed by atoms with Gasteiger partial charge in [-0.25, -0.2) is 0 Å². The first-order chi connectivity index (χ1) is 11.1. The zero-order valence-corrected chi connectivity index (χ0v) is 12.9. The number of anilines is 2. The molecule has 3 heteroatoms. The lowest BCUT2D eigenvalue weighted by Gasteiger charge is -2.14. The van der Waals surface area contributed by atoms with Gasteiger partial charge in [-0.05, 0) is 53.3 Å². The van der Waals surface area contributed by atoms with Crippen LogP contribution in [0.1, 0.15) is 5.56 Å². The van der Waals surface area contributed by atoms with Gasteiger partial charge in [0.25, 0.3) is 0 Å². The summed E-state index contributed by atoms with van der Waals surface area (Å²) in [4.78, 5) is 4.52. The molecule has 0 bridgehead atoms. The number of nitrogens with zero attached hydrogens (tertiary/aromatic N) is 1. The van der Waals surface area contributed by atoms with Gasteiger partial charge in [-0.1, -0.05) is 30.3 Å². The zero-order valence-electron chi connectivity index (χ0n) is 12.9. The van der Waals surface area contributed by atoms with Gasteiger partial charge in [-0.2, -0.15) is 0 Å². The molecule has 0 aliphatic rings. The zero-order chi connectivity index (χ0) is 16.0. The maximum absolute atomic E-state index is 6.32. The fraction of sp³-hybridized carbons (Fsp3) is 0.0500. The van der Waals surface area contributed by atoms with Gasteiger partial charge in [0.15, 0.2) is 0 Å². The minimum absolute atomic E-state index is 0.731. The second kappa shape index (κ2) is 4.99. The standard InChI is InChI=1S/C20H17N3/c1-12-15(13-5-3-2-4-6-13)10-18(22)17-11-23-19-8-7-14(21)9-16(19)20(12)17/h2-11H,21-22H2,1H3. The van der Waals surface area contributed by atoms with Crippen molar-refractivity contribution in [3.8, 4) is 11.1 Å². The molecule has 0 radical (unpaired) electrons. The van der Waals surface area contributed by atoms with Crippen LogP contribution in [0.5, 0.6) is 0 Å². The molecule has 0 fully saturated rings. The van der Waals surface area contributed by atoms with Crippen LogP contribution in [0.15, 0.2) is 60.8 Å². The number of hydrogen-bond acceptors (Lipinski definition) is 3. The molecule has 3 nitrogen and oxygen atoms in total. The van der Waals surface area contributed by atoms with Crippen LogP contribution in [-0.4, -0.2) is 4.98 Å². The Morgan fingerprint density at radius 2 is 1.65 bits per heavy atom. The second-order valence-electron chi connectivity index (χ2n) is 5.83. The van der Waals surface area contributed by atoms with E-state index in [1.807, 2.05) is 48.7 Å². The van der Waals surface area contributed by atoms with E-state index in [4.69, 9.17) is 11.5 Å². The van der Waals surface area contributed by atoms with Crippen molar-refractivity contribution in [2.45, 2.75) is 6.92 Å². The number of aryl methyl sites for hydroxylation is 1. The summed E-state index contributed by atoms with van der Waals surface area (Å²) in [7, 11) is 0. The highest BCUT2D eigenvalue weighted by Gasteiger charge is 2.12. The molecule has 0 spiro atoms. The van der Waals surface area contributed by atoms with Crippen molar-refractivity contribution >= 4 is 33.1 Å². The molecule has 3 aromatic carbocycles. The van der Waals surface area contributed by atoms with Crippen LogP contribution in [0.2, 0.25) is 0 Å². The molecule has 4 N–H and O–H groups in total. The number of benzene rings is 3. The Balaban J connectivity index is 2.18. The Hall–Kier alpha value is -3.07. The molecule has 1 heterocycles. The van der Waals surface area contributed by atoms with Crippen molar-refractivity contribution in [3.63, 3.8) is 0 Å². The summed E-state index contributed by atoms with van der Waals surface area (Å²) in [6.45, 7) is 2.13. The Bertz CT molecular complexity index is 1040. The second-order valence-corrected chi connectivity index (χ2v) is 5.83. The minimum Gasteiger partial charge on any atom is -0.399 e. The van der Waals surface area contributed by atoms with Crippen LogP contribution < -0.4 is 11.5 Å². The summed E-state index contributed by atoms with van der Waals surface area (Å²) < 4.78 is 0. The largest absolute Gasteiger partial charge is 0.399 e. The van der Waals surface area contributed by atoms with Crippen molar-refractivity contribution in [3.05, 3.63) is 66.4 Å². The third kappa shape index (κ3) is 2.09. The number of rotatable bonds is 1. The smallest absolute Gasteiger partial charge is 0.0710 e. The molecule has 0 atom stereocenters. The van der Waals surface area contributed by atoms with E-state index in [9.17, 15) is 0 Å². The highest BCUT2D eigenvalue weighted by molar-refractivity contribution is 6.13. The normalized spacial score (nSPS) is 11.2. The van der Waals surface area contributed by atoms with Crippen molar-refractivity contribution in [1.82, 2.24) is 4.98 Å². The molecule has 0 unspecified atom stereocenters. The number of nitrogens with two attached hydrogens (primary N) is 2. The molecular weight excluding hydrogens is 282 g/mol. The molecule has 0 saturated carbocycles. The molecule has 4 rings (SSSR count). The van der Waals surface area contributed by atoms with Gasteiger partial charge in [0, 0.05) is 28.3 Å². The number of aromatic nitrogens is 1. The molecular formula is C20H17N3. The summed E-state index contributed by atoms with van der Waals surface area (Å²) >= 11 is 0. The Morgan fingerprint density at radius 3 is 2.43 bits per heavy atom. The maximum Gasteiger partial charge on any atom is 0.0710 e. The molecule has 23 heavy (non-hydrogen) atoms. The SMILES string of the molecule is Cc1c(-c2ccccc2)cc(N)c2cnc3ccc(N)cc3c12. The fourth-order valence-electron chi connectivity index (χ4n) is 3.23. The van der Waals surface area contributed by atoms with E-state index < -0.39 is 0 Å². The quantitative estimate of drug-likeness (QED) is 0.401. The van der Waals surface area contributed by atoms with E-state index in [0.717, 1.165) is 44.2 Å². The minimum atomic E-state index is 0.731. The van der Waals surface area contributed by atoms with Crippen LogP contribution in [0, 0.1) is 6.92 Å². The monoisotopic (exact) mass is 299 g/mol. The summed E-state index contributed by atoms with van der Waals surface area (Å²) in [5.74, 6) is 0. The molecule has 0 saturated heterocycles. The van der Waals surface area contributed by atoms with E-state index in [1.165, 1.54) is 5.56 Å². The van der Waals surface area contributed by atoms with Gasteiger partial charge in [-0.3, -0.25) is 4.98 Å². The van der Waals surface area contributed by atoms with Gasteiger partial charge >= 0.3 is 0 Å². The molecule has 1 aromatic heterocycles. The van der Waals surface area contributed by atoms with Crippen LogP contribution in [0.25, 0.3) is 32.8 Å². The van der Waals surface area contributed by atoms with Crippen LogP contribution in [-0.2, 0) is 0 Å². The summed E-state index contributed by atoms with van der Waals surface area (Å²) in [5, 5.41) is 3.14. The fourth-order valence-corrected chi connectivity index (χ4v) is 3.23. The predicted octanol–water partition coefficient (Wildman–Crippen LogP) is 4.53. The van der Waals surface area contributed by atoms with E-state index in [0.29, 0.717) is 0 Å². The van der Waals surface area contributed by atoms with Crippen molar-refractivity contribution in [1.29, 1.82) is 0 Å². The van der Waals surface area contributed by atoms with Crippen molar-refractivity contribution in [2.75, 3.05) is 11.5 Å². The maximum atomic E-state index is 6.32. The first kappa shape index (κ1) is 13.6. The highest BCUT2D eigenvalue weighted by atomic mass is 14.7. The lowest BCUT2D eigenvalue weighted by molar-refractivity contribution is 1.43. The van der Waals surface area contributed by atoms with Gasteiger partial charge in [0.05, 0.1) is 5.52 Å². The Kier molecular flexibility index (Phi) is 2.95. The molecule has 4 aromatic rings. The Morgan fingerprint density at radius 1 is 0.870 bits per heavy atom. The summed E-state index contributed by atoms with van der Waals surface area (Å²) in [6, 6.07) is 18.1. The lowest BCUT2D eigenvalue weighted by atomic mass is 9.92. The first-order valence-electron chi connectivity index (χ1n) is 7.57. The predicted molar refractivity (Wildman–Crippen MR) is 98.2 cm³/mol. The van der Waals surface area contributed by atoms with Gasteiger partial charge in [-0.15, -0.1) is 0 Å². The van der Waals surface area contributed by atoms with E-state index >= 15 is 0 Å².